The largest absolute Gasteiger partial charge is 0.396 e. The first kappa shape index (κ1) is 15.2. The molecule has 0 saturated heterocycles. The lowest BCUT2D eigenvalue weighted by Crippen LogP contribution is -2.24. The Labute approximate surface area is 124 Å². The number of nitrogens with two attached hydrogens (primary N) is 1. The molecular weight excluding hydrogens is 325 g/mol. The lowest BCUT2D eigenvalue weighted by molar-refractivity contribution is 0.558. The van der Waals surface area contributed by atoms with Crippen LogP contribution in [0, 0.1) is 12.7 Å². The highest BCUT2D eigenvalue weighted by Crippen LogP contribution is 2.25. The van der Waals surface area contributed by atoms with Gasteiger partial charge in [-0.15, -0.1) is 11.3 Å². The standard InChI is InChI=1S/C11H11ClFN3O2S2/c1-6-5-19-10(16-6)4-15-20(17,18)9-3-7(12)2-8(14)11(9)13/h2-3,5,15H,4,14H2,1H3. The number of hydrogen-bond acceptors (Lipinski definition) is 5. The van der Waals surface area contributed by atoms with E-state index in [1.54, 1.807) is 12.3 Å². The topological polar surface area (TPSA) is 85.1 Å². The number of sulfonamides is 1. The number of anilines is 1. The molecule has 0 aliphatic heterocycles. The van der Waals surface area contributed by atoms with Gasteiger partial charge in [0.1, 0.15) is 9.90 Å². The van der Waals surface area contributed by atoms with Crippen LogP contribution in [0.2, 0.25) is 5.02 Å². The number of aromatic nitrogens is 1. The van der Waals surface area contributed by atoms with Gasteiger partial charge in [0.25, 0.3) is 0 Å². The van der Waals surface area contributed by atoms with Crippen LogP contribution in [0.25, 0.3) is 0 Å². The quantitative estimate of drug-likeness (QED) is 0.840. The molecule has 0 unspecified atom stereocenters. The van der Waals surface area contributed by atoms with Crippen molar-refractivity contribution in [2.24, 2.45) is 0 Å². The second-order valence-corrected chi connectivity index (χ2v) is 7.13. The number of benzene rings is 1. The number of halogens is 2. The summed E-state index contributed by atoms with van der Waals surface area (Å²) in [5.74, 6) is -1.02. The maximum absolute atomic E-state index is 13.8. The van der Waals surface area contributed by atoms with Crippen LogP contribution in [0.3, 0.4) is 0 Å². The van der Waals surface area contributed by atoms with Crippen LogP contribution < -0.4 is 10.5 Å². The van der Waals surface area contributed by atoms with Crippen molar-refractivity contribution in [3.8, 4) is 0 Å². The first-order valence-electron chi connectivity index (χ1n) is 5.45. The highest BCUT2D eigenvalue weighted by Gasteiger charge is 2.22. The molecule has 0 radical (unpaired) electrons. The van der Waals surface area contributed by atoms with E-state index in [0.29, 0.717) is 5.01 Å². The predicted octanol–water partition coefficient (Wildman–Crippen LogP) is 2.30. The van der Waals surface area contributed by atoms with Crippen LogP contribution in [0.5, 0.6) is 0 Å². The predicted molar refractivity (Wildman–Crippen MR) is 76.7 cm³/mol. The monoisotopic (exact) mass is 335 g/mol. The second-order valence-electron chi connectivity index (χ2n) is 4.01. The minimum Gasteiger partial charge on any atom is -0.396 e. The first-order chi connectivity index (χ1) is 9.29. The Kier molecular flexibility index (Phi) is 4.28. The lowest BCUT2D eigenvalue weighted by atomic mass is 10.3. The number of hydrogen-bond donors (Lipinski definition) is 2. The molecule has 0 bridgehead atoms. The van der Waals surface area contributed by atoms with Gasteiger partial charge < -0.3 is 5.73 Å². The summed E-state index contributed by atoms with van der Waals surface area (Å²) < 4.78 is 40.2. The highest BCUT2D eigenvalue weighted by atomic mass is 35.5. The fourth-order valence-corrected chi connectivity index (χ4v) is 3.71. The van der Waals surface area contributed by atoms with Gasteiger partial charge in [0.05, 0.1) is 12.2 Å². The number of nitrogens with zero attached hydrogens (tertiary/aromatic N) is 1. The van der Waals surface area contributed by atoms with Gasteiger partial charge in [0.2, 0.25) is 10.0 Å². The minimum absolute atomic E-state index is 0.0211. The van der Waals surface area contributed by atoms with Gasteiger partial charge in [-0.05, 0) is 19.1 Å². The summed E-state index contributed by atoms with van der Waals surface area (Å²) in [5.41, 5.74) is 5.84. The molecule has 2 rings (SSSR count). The third-order valence-electron chi connectivity index (χ3n) is 2.40. The van der Waals surface area contributed by atoms with Crippen molar-refractivity contribution >= 4 is 38.6 Å². The van der Waals surface area contributed by atoms with Crippen LogP contribution in [-0.2, 0) is 16.6 Å². The molecule has 9 heteroatoms. The fourth-order valence-electron chi connectivity index (χ4n) is 1.50. The van der Waals surface area contributed by atoms with Gasteiger partial charge >= 0.3 is 0 Å². The average molecular weight is 336 g/mol. The van der Waals surface area contributed by atoms with Gasteiger partial charge in [-0.2, -0.15) is 0 Å². The minimum atomic E-state index is -4.05. The third-order valence-corrected chi connectivity index (χ3v) is 4.99. The van der Waals surface area contributed by atoms with Gasteiger partial charge in [0.15, 0.2) is 5.82 Å². The summed E-state index contributed by atoms with van der Waals surface area (Å²) in [6.07, 6.45) is 0. The van der Waals surface area contributed by atoms with Crippen molar-refractivity contribution in [3.05, 3.63) is 39.1 Å². The fraction of sp³-hybridized carbons (Fsp3) is 0.182. The maximum atomic E-state index is 13.8. The number of thiazole rings is 1. The molecule has 0 aliphatic rings. The first-order valence-corrected chi connectivity index (χ1v) is 8.19. The van der Waals surface area contributed by atoms with Crippen LogP contribution in [-0.4, -0.2) is 13.4 Å². The van der Waals surface area contributed by atoms with Crippen molar-refractivity contribution in [2.45, 2.75) is 18.4 Å². The smallest absolute Gasteiger partial charge is 0.244 e. The Bertz CT molecular complexity index is 746. The Hall–Kier alpha value is -1.22. The van der Waals surface area contributed by atoms with Gasteiger partial charge in [-0.25, -0.2) is 22.5 Å². The molecule has 20 heavy (non-hydrogen) atoms. The van der Waals surface area contributed by atoms with E-state index in [1.807, 2.05) is 0 Å². The Morgan fingerprint density at radius 1 is 1.50 bits per heavy atom. The highest BCUT2D eigenvalue weighted by molar-refractivity contribution is 7.89. The van der Waals surface area contributed by atoms with Gasteiger partial charge in [-0.3, -0.25) is 0 Å². The van der Waals surface area contributed by atoms with E-state index in [9.17, 15) is 12.8 Å². The van der Waals surface area contributed by atoms with E-state index < -0.39 is 20.7 Å². The summed E-state index contributed by atoms with van der Waals surface area (Å²) in [7, 11) is -4.05. The summed E-state index contributed by atoms with van der Waals surface area (Å²) in [6.45, 7) is 1.78. The summed E-state index contributed by atoms with van der Waals surface area (Å²) >= 11 is 7.01. The molecule has 0 fully saturated rings. The molecule has 5 nitrogen and oxygen atoms in total. The Morgan fingerprint density at radius 2 is 2.20 bits per heavy atom. The van der Waals surface area contributed by atoms with E-state index in [0.717, 1.165) is 17.8 Å². The molecule has 0 aliphatic carbocycles. The summed E-state index contributed by atoms with van der Waals surface area (Å²) in [6, 6.07) is 2.17. The maximum Gasteiger partial charge on any atom is 0.244 e. The van der Waals surface area contributed by atoms with Crippen molar-refractivity contribution in [1.82, 2.24) is 9.71 Å². The number of rotatable bonds is 4. The van der Waals surface area contributed by atoms with Crippen LogP contribution >= 0.6 is 22.9 Å². The zero-order chi connectivity index (χ0) is 14.9. The molecule has 0 spiro atoms. The molecule has 1 heterocycles. The Balaban J connectivity index is 2.27. The third kappa shape index (κ3) is 3.26. The van der Waals surface area contributed by atoms with Crippen molar-refractivity contribution in [3.63, 3.8) is 0 Å². The molecular formula is C11H11ClFN3O2S2. The van der Waals surface area contributed by atoms with E-state index in [1.165, 1.54) is 11.3 Å². The second kappa shape index (κ2) is 5.65. The molecule has 0 atom stereocenters. The average Bonchev–Trinajstić information content (AvgIpc) is 2.77. The summed E-state index contributed by atoms with van der Waals surface area (Å²) in [4.78, 5) is 3.54. The Morgan fingerprint density at radius 3 is 2.80 bits per heavy atom. The van der Waals surface area contributed by atoms with Crippen LogP contribution in [0.1, 0.15) is 10.7 Å². The van der Waals surface area contributed by atoms with E-state index in [2.05, 4.69) is 9.71 Å². The van der Waals surface area contributed by atoms with E-state index in [-0.39, 0.29) is 17.3 Å². The number of aryl methyl sites for hydroxylation is 1. The van der Waals surface area contributed by atoms with Crippen LogP contribution in [0.15, 0.2) is 22.4 Å². The molecule has 0 saturated carbocycles. The molecule has 1 aromatic heterocycles. The van der Waals surface area contributed by atoms with E-state index >= 15 is 0 Å². The molecule has 3 N–H and O–H groups in total. The van der Waals surface area contributed by atoms with Crippen molar-refractivity contribution in [2.75, 3.05) is 5.73 Å². The molecule has 108 valence electrons. The van der Waals surface area contributed by atoms with Crippen molar-refractivity contribution < 1.29 is 12.8 Å². The zero-order valence-electron chi connectivity index (χ0n) is 10.4. The van der Waals surface area contributed by atoms with Gasteiger partial charge in [-0.1, -0.05) is 11.6 Å². The SMILES string of the molecule is Cc1csc(CNS(=O)(=O)c2cc(Cl)cc(N)c2F)n1. The lowest BCUT2D eigenvalue weighted by Gasteiger charge is -2.08. The summed E-state index contributed by atoms with van der Waals surface area (Å²) in [5, 5.41) is 2.43. The number of nitrogen functional groups attached to an aromatic ring is 1. The van der Waals surface area contributed by atoms with Crippen molar-refractivity contribution in [1.29, 1.82) is 0 Å². The normalized spacial score (nSPS) is 11.8. The van der Waals surface area contributed by atoms with Gasteiger partial charge in [0, 0.05) is 16.1 Å². The molecule has 1 aromatic carbocycles. The molecule has 2 aromatic rings. The zero-order valence-corrected chi connectivity index (χ0v) is 12.7. The van der Waals surface area contributed by atoms with E-state index in [4.69, 9.17) is 17.3 Å². The van der Waals surface area contributed by atoms with Crippen LogP contribution in [0.4, 0.5) is 10.1 Å². The molecule has 0 amide bonds. The number of nitrogens with one attached hydrogen (secondary N) is 1.